The Hall–Kier alpha value is -1.14. The van der Waals surface area contributed by atoms with Crippen LogP contribution in [0.25, 0.3) is 0 Å². The maximum absolute atomic E-state index is 12.2. The molecule has 0 aromatic heterocycles. The van der Waals surface area contributed by atoms with Crippen molar-refractivity contribution in [2.75, 3.05) is 45.8 Å². The van der Waals surface area contributed by atoms with Crippen LogP contribution in [0.4, 0.5) is 0 Å². The first-order valence-corrected chi connectivity index (χ1v) is 8.62. The summed E-state index contributed by atoms with van der Waals surface area (Å²) in [7, 11) is 0. The van der Waals surface area contributed by atoms with Gasteiger partial charge in [-0.05, 0) is 13.3 Å². The SMILES string of the molecule is CCCC(C)N1CC(C(=O)NCCN2CCNCC2)CC1=O. The zero-order valence-electron chi connectivity index (χ0n) is 13.9. The first kappa shape index (κ1) is 17.2. The Morgan fingerprint density at radius 3 is 2.82 bits per heavy atom. The predicted octanol–water partition coefficient (Wildman–Crippen LogP) is 0.0449. The quantitative estimate of drug-likeness (QED) is 0.697. The fraction of sp³-hybridized carbons (Fsp3) is 0.875. The Morgan fingerprint density at radius 2 is 2.14 bits per heavy atom. The number of nitrogens with one attached hydrogen (secondary N) is 2. The van der Waals surface area contributed by atoms with E-state index in [9.17, 15) is 9.59 Å². The number of hydrogen-bond acceptors (Lipinski definition) is 4. The Bertz CT molecular complexity index is 382. The second kappa shape index (κ2) is 8.48. The van der Waals surface area contributed by atoms with Gasteiger partial charge in [0.05, 0.1) is 5.92 Å². The molecule has 6 heteroatoms. The summed E-state index contributed by atoms with van der Waals surface area (Å²) in [4.78, 5) is 28.5. The summed E-state index contributed by atoms with van der Waals surface area (Å²) in [6, 6.07) is 0.246. The van der Waals surface area contributed by atoms with Gasteiger partial charge in [-0.15, -0.1) is 0 Å². The van der Waals surface area contributed by atoms with Crippen LogP contribution in [0, 0.1) is 5.92 Å². The van der Waals surface area contributed by atoms with Gasteiger partial charge in [-0.2, -0.15) is 0 Å². The first-order chi connectivity index (χ1) is 10.6. The molecule has 0 bridgehead atoms. The standard InChI is InChI=1S/C16H30N4O2/c1-3-4-13(2)20-12-14(11-15(20)21)16(22)18-7-10-19-8-5-17-6-9-19/h13-14,17H,3-12H2,1-2H3,(H,18,22). The van der Waals surface area contributed by atoms with Crippen molar-refractivity contribution in [2.24, 2.45) is 5.92 Å². The van der Waals surface area contributed by atoms with E-state index >= 15 is 0 Å². The molecule has 2 rings (SSSR count). The molecule has 2 aliphatic heterocycles. The van der Waals surface area contributed by atoms with E-state index in [4.69, 9.17) is 0 Å². The van der Waals surface area contributed by atoms with Gasteiger partial charge < -0.3 is 15.5 Å². The van der Waals surface area contributed by atoms with E-state index in [2.05, 4.69) is 29.4 Å². The number of nitrogens with zero attached hydrogens (tertiary/aromatic N) is 2. The van der Waals surface area contributed by atoms with E-state index in [1.54, 1.807) is 0 Å². The molecule has 6 nitrogen and oxygen atoms in total. The predicted molar refractivity (Wildman–Crippen MR) is 86.5 cm³/mol. The smallest absolute Gasteiger partial charge is 0.225 e. The van der Waals surface area contributed by atoms with Crippen molar-refractivity contribution in [3.05, 3.63) is 0 Å². The monoisotopic (exact) mass is 310 g/mol. The van der Waals surface area contributed by atoms with Crippen LogP contribution in [-0.2, 0) is 9.59 Å². The maximum atomic E-state index is 12.2. The molecule has 2 atom stereocenters. The fourth-order valence-corrected chi connectivity index (χ4v) is 3.32. The number of piperazine rings is 1. The molecule has 126 valence electrons. The van der Waals surface area contributed by atoms with Crippen LogP contribution in [-0.4, -0.2) is 73.5 Å². The first-order valence-electron chi connectivity index (χ1n) is 8.62. The molecule has 2 saturated heterocycles. The number of rotatable bonds is 7. The number of amides is 2. The molecule has 0 aromatic carbocycles. The maximum Gasteiger partial charge on any atom is 0.225 e. The van der Waals surface area contributed by atoms with E-state index < -0.39 is 0 Å². The fourth-order valence-electron chi connectivity index (χ4n) is 3.32. The van der Waals surface area contributed by atoms with E-state index in [1.165, 1.54) is 0 Å². The number of hydrogen-bond donors (Lipinski definition) is 2. The third-order valence-electron chi connectivity index (χ3n) is 4.70. The molecule has 2 aliphatic rings. The third kappa shape index (κ3) is 4.68. The van der Waals surface area contributed by atoms with E-state index in [0.717, 1.165) is 45.6 Å². The molecule has 2 N–H and O–H groups in total. The normalized spacial score (nSPS) is 24.5. The van der Waals surface area contributed by atoms with Crippen LogP contribution >= 0.6 is 0 Å². The van der Waals surface area contributed by atoms with Gasteiger partial charge in [-0.1, -0.05) is 13.3 Å². The summed E-state index contributed by atoms with van der Waals surface area (Å²) in [6.45, 7) is 10.5. The molecular formula is C16H30N4O2. The number of carbonyl (C=O) groups excluding carboxylic acids is 2. The van der Waals surface area contributed by atoms with Crippen LogP contribution in [0.1, 0.15) is 33.1 Å². The van der Waals surface area contributed by atoms with Crippen molar-refractivity contribution >= 4 is 11.8 Å². The zero-order chi connectivity index (χ0) is 15.9. The summed E-state index contributed by atoms with van der Waals surface area (Å²) in [5.41, 5.74) is 0. The lowest BCUT2D eigenvalue weighted by atomic mass is 10.1. The second-order valence-corrected chi connectivity index (χ2v) is 6.47. The van der Waals surface area contributed by atoms with Crippen molar-refractivity contribution in [3.8, 4) is 0 Å². The molecular weight excluding hydrogens is 280 g/mol. The van der Waals surface area contributed by atoms with Crippen molar-refractivity contribution < 1.29 is 9.59 Å². The van der Waals surface area contributed by atoms with Gasteiger partial charge in [0.1, 0.15) is 0 Å². The summed E-state index contributed by atoms with van der Waals surface area (Å²) in [6.07, 6.45) is 2.43. The van der Waals surface area contributed by atoms with Crippen LogP contribution < -0.4 is 10.6 Å². The van der Waals surface area contributed by atoms with Crippen LogP contribution in [0.2, 0.25) is 0 Å². The highest BCUT2D eigenvalue weighted by atomic mass is 16.2. The summed E-state index contributed by atoms with van der Waals surface area (Å²) in [5.74, 6) is -0.00674. The van der Waals surface area contributed by atoms with Gasteiger partial charge in [0.25, 0.3) is 0 Å². The number of likely N-dealkylation sites (tertiary alicyclic amines) is 1. The molecule has 0 saturated carbocycles. The van der Waals surface area contributed by atoms with Gasteiger partial charge in [-0.3, -0.25) is 14.5 Å². The Labute approximate surface area is 133 Å². The molecule has 2 amide bonds. The van der Waals surface area contributed by atoms with Crippen molar-refractivity contribution in [2.45, 2.75) is 39.2 Å². The Kier molecular flexibility index (Phi) is 6.64. The number of carbonyl (C=O) groups is 2. The van der Waals surface area contributed by atoms with Gasteiger partial charge in [0, 0.05) is 58.3 Å². The zero-order valence-corrected chi connectivity index (χ0v) is 13.9. The minimum Gasteiger partial charge on any atom is -0.355 e. The largest absolute Gasteiger partial charge is 0.355 e. The lowest BCUT2D eigenvalue weighted by Crippen LogP contribution is -2.46. The average Bonchev–Trinajstić information content (AvgIpc) is 2.91. The average molecular weight is 310 g/mol. The molecule has 0 radical (unpaired) electrons. The lowest BCUT2D eigenvalue weighted by Gasteiger charge is -2.27. The summed E-state index contributed by atoms with van der Waals surface area (Å²) >= 11 is 0. The molecule has 0 spiro atoms. The topological polar surface area (TPSA) is 64.7 Å². The van der Waals surface area contributed by atoms with Crippen LogP contribution in [0.3, 0.4) is 0 Å². The van der Waals surface area contributed by atoms with E-state index in [-0.39, 0.29) is 23.8 Å². The van der Waals surface area contributed by atoms with Gasteiger partial charge >= 0.3 is 0 Å². The third-order valence-corrected chi connectivity index (χ3v) is 4.70. The van der Waals surface area contributed by atoms with Crippen molar-refractivity contribution in [3.63, 3.8) is 0 Å². The van der Waals surface area contributed by atoms with Gasteiger partial charge in [0.15, 0.2) is 0 Å². The van der Waals surface area contributed by atoms with Crippen LogP contribution in [0.15, 0.2) is 0 Å². The second-order valence-electron chi connectivity index (χ2n) is 6.47. The summed E-state index contributed by atoms with van der Waals surface area (Å²) in [5, 5.41) is 6.32. The molecule has 2 fully saturated rings. The van der Waals surface area contributed by atoms with E-state index in [1.807, 2.05) is 4.90 Å². The van der Waals surface area contributed by atoms with Crippen molar-refractivity contribution in [1.82, 2.24) is 20.4 Å². The minimum atomic E-state index is -0.171. The molecule has 0 aliphatic carbocycles. The van der Waals surface area contributed by atoms with Gasteiger partial charge in [0.2, 0.25) is 11.8 Å². The molecule has 2 unspecified atom stereocenters. The lowest BCUT2D eigenvalue weighted by molar-refractivity contribution is -0.130. The minimum absolute atomic E-state index is 0.0367. The van der Waals surface area contributed by atoms with Crippen LogP contribution in [0.5, 0.6) is 0 Å². The Morgan fingerprint density at radius 1 is 1.41 bits per heavy atom. The van der Waals surface area contributed by atoms with E-state index in [0.29, 0.717) is 19.5 Å². The van der Waals surface area contributed by atoms with Gasteiger partial charge in [-0.25, -0.2) is 0 Å². The summed E-state index contributed by atoms with van der Waals surface area (Å²) < 4.78 is 0. The Balaban J connectivity index is 1.70. The molecule has 0 aromatic rings. The highest BCUT2D eigenvalue weighted by molar-refractivity contribution is 5.89. The molecule has 2 heterocycles. The highest BCUT2D eigenvalue weighted by Gasteiger charge is 2.36. The van der Waals surface area contributed by atoms with Crippen molar-refractivity contribution in [1.29, 1.82) is 0 Å². The molecule has 22 heavy (non-hydrogen) atoms. The highest BCUT2D eigenvalue weighted by Crippen LogP contribution is 2.22.